The van der Waals surface area contributed by atoms with Gasteiger partial charge in [-0.1, -0.05) is 23.2 Å². The summed E-state index contributed by atoms with van der Waals surface area (Å²) < 4.78 is 26.9. The van der Waals surface area contributed by atoms with E-state index in [1.54, 1.807) is 0 Å². The van der Waals surface area contributed by atoms with Gasteiger partial charge in [0.15, 0.2) is 5.82 Å². The number of hydrogen-bond donors (Lipinski definition) is 3. The van der Waals surface area contributed by atoms with Crippen LogP contribution in [0.1, 0.15) is 0 Å². The minimum Gasteiger partial charge on any atom is -0.307 e. The molecule has 0 spiro atoms. The second kappa shape index (κ2) is 5.84. The van der Waals surface area contributed by atoms with E-state index in [4.69, 9.17) is 29.0 Å². The fourth-order valence-electron chi connectivity index (χ4n) is 1.49. The highest BCUT2D eigenvalue weighted by atomic mass is 35.5. The molecule has 2 aromatic rings. The molecule has 0 amide bonds. The Morgan fingerprint density at radius 2 is 1.90 bits per heavy atom. The Morgan fingerprint density at radius 3 is 2.55 bits per heavy atom. The van der Waals surface area contributed by atoms with Crippen LogP contribution in [0.2, 0.25) is 10.0 Å². The fraction of sp³-hybridized carbons (Fsp3) is 0. The number of benzene rings is 1. The summed E-state index contributed by atoms with van der Waals surface area (Å²) in [6.07, 6.45) is 1.42. The number of nitrogen functional groups attached to an aromatic ring is 1. The highest BCUT2D eigenvalue weighted by molar-refractivity contribution is 7.92. The molecule has 4 N–H and O–H groups in total. The standard InChI is InChI=1S/C11H10Cl2N4O2S/c12-8-4-3-7(6-9(8)13)17-20(18,19)10-2-1-5-15-11(10)16-14/h1-6,17H,14H2,(H,15,16). The monoisotopic (exact) mass is 332 g/mol. The Kier molecular flexibility index (Phi) is 4.34. The minimum atomic E-state index is -3.84. The first-order valence-corrected chi connectivity index (χ1v) is 7.57. The van der Waals surface area contributed by atoms with Crippen molar-refractivity contribution in [3.63, 3.8) is 0 Å². The zero-order chi connectivity index (χ0) is 14.8. The molecule has 0 aliphatic rings. The summed E-state index contributed by atoms with van der Waals surface area (Å²) in [4.78, 5) is 3.76. The van der Waals surface area contributed by atoms with Crippen LogP contribution >= 0.6 is 23.2 Å². The normalized spacial score (nSPS) is 11.2. The molecular formula is C11H10Cl2N4O2S. The topological polar surface area (TPSA) is 97.1 Å². The number of nitrogens with one attached hydrogen (secondary N) is 2. The molecule has 2 rings (SSSR count). The number of aromatic nitrogens is 1. The smallest absolute Gasteiger partial charge is 0.265 e. The summed E-state index contributed by atoms with van der Waals surface area (Å²) in [5.41, 5.74) is 2.51. The van der Waals surface area contributed by atoms with Gasteiger partial charge in [0, 0.05) is 6.20 Å². The number of rotatable bonds is 4. The second-order valence-electron chi connectivity index (χ2n) is 3.73. The third-order valence-corrected chi connectivity index (χ3v) is 4.52. The van der Waals surface area contributed by atoms with Crippen LogP contribution in [0.5, 0.6) is 0 Å². The molecule has 0 radical (unpaired) electrons. The minimum absolute atomic E-state index is 0.0417. The van der Waals surface area contributed by atoms with Crippen LogP contribution in [0, 0.1) is 0 Å². The molecule has 0 atom stereocenters. The summed E-state index contributed by atoms with van der Waals surface area (Å²) in [7, 11) is -3.84. The van der Waals surface area contributed by atoms with E-state index in [2.05, 4.69) is 15.1 Å². The first kappa shape index (κ1) is 14.9. The van der Waals surface area contributed by atoms with Gasteiger partial charge in [0.05, 0.1) is 15.7 Å². The summed E-state index contributed by atoms with van der Waals surface area (Å²) in [6.45, 7) is 0. The van der Waals surface area contributed by atoms with Crippen LogP contribution in [0.15, 0.2) is 41.4 Å². The van der Waals surface area contributed by atoms with Gasteiger partial charge in [-0.05, 0) is 30.3 Å². The summed E-state index contributed by atoms with van der Waals surface area (Å²) >= 11 is 11.6. The van der Waals surface area contributed by atoms with Gasteiger partial charge in [0.1, 0.15) is 4.90 Å². The van der Waals surface area contributed by atoms with Crippen LogP contribution in [-0.2, 0) is 10.0 Å². The van der Waals surface area contributed by atoms with Crippen LogP contribution in [0.25, 0.3) is 0 Å². The molecule has 1 aromatic carbocycles. The Balaban J connectivity index is 2.38. The predicted molar refractivity (Wildman–Crippen MR) is 79.3 cm³/mol. The number of anilines is 2. The molecule has 0 bridgehead atoms. The average molecular weight is 333 g/mol. The second-order valence-corrected chi connectivity index (χ2v) is 6.19. The van der Waals surface area contributed by atoms with Gasteiger partial charge < -0.3 is 5.43 Å². The highest BCUT2D eigenvalue weighted by Crippen LogP contribution is 2.27. The van der Waals surface area contributed by atoms with Crippen molar-refractivity contribution in [2.75, 3.05) is 10.1 Å². The summed E-state index contributed by atoms with van der Waals surface area (Å²) in [5, 5.41) is 0.579. The maximum atomic E-state index is 12.3. The Bertz CT molecular complexity index is 737. The van der Waals surface area contributed by atoms with Crippen molar-refractivity contribution in [3.05, 3.63) is 46.6 Å². The lowest BCUT2D eigenvalue weighted by Crippen LogP contribution is -2.18. The van der Waals surface area contributed by atoms with E-state index in [1.165, 1.54) is 36.5 Å². The molecule has 0 aliphatic carbocycles. The van der Waals surface area contributed by atoms with Gasteiger partial charge in [-0.25, -0.2) is 19.2 Å². The molecule has 0 fully saturated rings. The van der Waals surface area contributed by atoms with E-state index in [9.17, 15) is 8.42 Å². The van der Waals surface area contributed by atoms with Crippen molar-refractivity contribution >= 4 is 44.7 Å². The van der Waals surface area contributed by atoms with E-state index in [1.807, 2.05) is 0 Å². The summed E-state index contributed by atoms with van der Waals surface area (Å²) in [6, 6.07) is 7.27. The molecule has 106 valence electrons. The van der Waals surface area contributed by atoms with Gasteiger partial charge in [0.2, 0.25) is 0 Å². The molecule has 0 unspecified atom stereocenters. The van der Waals surface area contributed by atoms with E-state index < -0.39 is 10.0 Å². The first-order valence-electron chi connectivity index (χ1n) is 5.33. The van der Waals surface area contributed by atoms with Crippen molar-refractivity contribution in [2.24, 2.45) is 5.84 Å². The number of hydrogen-bond acceptors (Lipinski definition) is 5. The van der Waals surface area contributed by atoms with E-state index in [0.717, 1.165) is 0 Å². The Hall–Kier alpha value is -1.54. The lowest BCUT2D eigenvalue weighted by atomic mass is 10.3. The number of halogens is 2. The molecule has 9 heteroatoms. The van der Waals surface area contributed by atoms with Crippen LogP contribution < -0.4 is 16.0 Å². The molecular weight excluding hydrogens is 323 g/mol. The van der Waals surface area contributed by atoms with Gasteiger partial charge in [-0.3, -0.25) is 4.72 Å². The fourth-order valence-corrected chi connectivity index (χ4v) is 2.95. The maximum absolute atomic E-state index is 12.3. The zero-order valence-corrected chi connectivity index (χ0v) is 12.3. The molecule has 20 heavy (non-hydrogen) atoms. The van der Waals surface area contributed by atoms with Gasteiger partial charge >= 0.3 is 0 Å². The van der Waals surface area contributed by atoms with Crippen LogP contribution in [0.4, 0.5) is 11.5 Å². The molecule has 0 aliphatic heterocycles. The third kappa shape index (κ3) is 3.13. The third-order valence-electron chi connectivity index (χ3n) is 2.37. The van der Waals surface area contributed by atoms with Crippen molar-refractivity contribution in [1.82, 2.24) is 4.98 Å². The van der Waals surface area contributed by atoms with Crippen molar-refractivity contribution in [1.29, 1.82) is 0 Å². The predicted octanol–water partition coefficient (Wildman–Crippen LogP) is 2.47. The Morgan fingerprint density at radius 1 is 1.15 bits per heavy atom. The first-order chi connectivity index (χ1) is 9.44. The van der Waals surface area contributed by atoms with Crippen LogP contribution in [-0.4, -0.2) is 13.4 Å². The van der Waals surface area contributed by atoms with Crippen LogP contribution in [0.3, 0.4) is 0 Å². The molecule has 6 nitrogen and oxygen atoms in total. The van der Waals surface area contributed by atoms with Gasteiger partial charge in [-0.15, -0.1) is 0 Å². The van der Waals surface area contributed by atoms with E-state index in [0.29, 0.717) is 5.02 Å². The maximum Gasteiger partial charge on any atom is 0.265 e. The number of pyridine rings is 1. The highest BCUT2D eigenvalue weighted by Gasteiger charge is 2.19. The zero-order valence-electron chi connectivity index (χ0n) is 9.97. The largest absolute Gasteiger partial charge is 0.307 e. The Labute approximate surface area is 125 Å². The SMILES string of the molecule is NNc1ncccc1S(=O)(=O)Nc1ccc(Cl)c(Cl)c1. The molecule has 1 heterocycles. The average Bonchev–Trinajstić information content (AvgIpc) is 2.42. The summed E-state index contributed by atoms with van der Waals surface area (Å²) in [5.74, 6) is 5.28. The van der Waals surface area contributed by atoms with Crippen molar-refractivity contribution in [3.8, 4) is 0 Å². The van der Waals surface area contributed by atoms with Gasteiger partial charge in [-0.2, -0.15) is 0 Å². The quantitative estimate of drug-likeness (QED) is 0.590. The van der Waals surface area contributed by atoms with Crippen molar-refractivity contribution in [2.45, 2.75) is 4.90 Å². The number of nitrogens with zero attached hydrogens (tertiary/aromatic N) is 1. The lowest BCUT2D eigenvalue weighted by Gasteiger charge is -2.11. The number of sulfonamides is 1. The molecule has 0 saturated carbocycles. The number of hydrazine groups is 1. The molecule has 0 saturated heterocycles. The lowest BCUT2D eigenvalue weighted by molar-refractivity contribution is 0.601. The van der Waals surface area contributed by atoms with Crippen molar-refractivity contribution < 1.29 is 8.42 Å². The van der Waals surface area contributed by atoms with E-state index >= 15 is 0 Å². The molecule has 1 aromatic heterocycles. The van der Waals surface area contributed by atoms with Gasteiger partial charge in [0.25, 0.3) is 10.0 Å². The number of nitrogens with two attached hydrogens (primary N) is 1. The van der Waals surface area contributed by atoms with E-state index in [-0.39, 0.29) is 21.4 Å².